The van der Waals surface area contributed by atoms with Crippen LogP contribution < -0.4 is 5.32 Å². The lowest BCUT2D eigenvalue weighted by molar-refractivity contribution is -0.126. The topological polar surface area (TPSA) is 38.3 Å². The quantitative estimate of drug-likeness (QED) is 0.879. The van der Waals surface area contributed by atoms with Crippen molar-refractivity contribution in [3.63, 3.8) is 0 Å². The van der Waals surface area contributed by atoms with E-state index in [2.05, 4.69) is 50.4 Å². The molecule has 1 aliphatic carbocycles. The zero-order valence-corrected chi connectivity index (χ0v) is 15.0. The van der Waals surface area contributed by atoms with Gasteiger partial charge in [0.2, 0.25) is 5.91 Å². The maximum Gasteiger partial charge on any atom is 0.223 e. The van der Waals surface area contributed by atoms with E-state index in [1.165, 1.54) is 12.8 Å². The molecule has 3 nitrogen and oxygen atoms in total. The van der Waals surface area contributed by atoms with E-state index in [0.717, 1.165) is 29.9 Å². The van der Waals surface area contributed by atoms with Crippen LogP contribution >= 0.6 is 0 Å². The van der Waals surface area contributed by atoms with Gasteiger partial charge in [-0.2, -0.15) is 0 Å². The Labute approximate surface area is 140 Å². The van der Waals surface area contributed by atoms with E-state index in [1.807, 2.05) is 0 Å². The van der Waals surface area contributed by atoms with Crippen LogP contribution in [0.15, 0.2) is 24.3 Å². The van der Waals surface area contributed by atoms with Gasteiger partial charge in [0.1, 0.15) is 0 Å². The van der Waals surface area contributed by atoms with Crippen LogP contribution in [0.25, 0.3) is 0 Å². The molecule has 0 aromatic heterocycles. The number of amides is 1. The third-order valence-electron chi connectivity index (χ3n) is 5.12. The Morgan fingerprint density at radius 2 is 1.65 bits per heavy atom. The van der Waals surface area contributed by atoms with Crippen LogP contribution in [-0.2, 0) is 22.7 Å². The first-order chi connectivity index (χ1) is 10.9. The second-order valence-electron chi connectivity index (χ2n) is 7.88. The summed E-state index contributed by atoms with van der Waals surface area (Å²) in [6.45, 7) is 8.18. The smallest absolute Gasteiger partial charge is 0.223 e. The molecule has 1 amide bonds. The summed E-state index contributed by atoms with van der Waals surface area (Å²) in [5.74, 6) is 1.17. The van der Waals surface area contributed by atoms with Crippen LogP contribution in [0.3, 0.4) is 0 Å². The first-order valence-electron chi connectivity index (χ1n) is 8.74. The van der Waals surface area contributed by atoms with Crippen LogP contribution in [0.4, 0.5) is 0 Å². The van der Waals surface area contributed by atoms with Crippen LogP contribution in [0.2, 0.25) is 0 Å². The van der Waals surface area contributed by atoms with Crippen molar-refractivity contribution in [1.82, 2.24) is 5.32 Å². The molecule has 23 heavy (non-hydrogen) atoms. The second-order valence-corrected chi connectivity index (χ2v) is 7.88. The Morgan fingerprint density at radius 1 is 1.09 bits per heavy atom. The number of ether oxygens (including phenoxy) is 1. The summed E-state index contributed by atoms with van der Waals surface area (Å²) >= 11 is 0. The van der Waals surface area contributed by atoms with Gasteiger partial charge in [-0.25, -0.2) is 0 Å². The molecule has 1 aromatic rings. The molecule has 3 heteroatoms. The standard InChI is InChI=1S/C20H31NO2/c1-20(2,3)18-11-9-17(10-12-18)19(22)21-13-15-5-7-16(8-6-15)14-23-4/h5-8,17-18H,9-14H2,1-4H3,(H,21,22). The van der Waals surface area contributed by atoms with Crippen molar-refractivity contribution in [2.75, 3.05) is 7.11 Å². The van der Waals surface area contributed by atoms with Crippen LogP contribution in [0.5, 0.6) is 0 Å². The summed E-state index contributed by atoms with van der Waals surface area (Å²) in [7, 11) is 1.70. The van der Waals surface area contributed by atoms with Crippen molar-refractivity contribution >= 4 is 5.91 Å². The Balaban J connectivity index is 1.77. The zero-order chi connectivity index (χ0) is 16.9. The third kappa shape index (κ3) is 5.35. The Hall–Kier alpha value is -1.35. The van der Waals surface area contributed by atoms with E-state index in [9.17, 15) is 4.79 Å². The SMILES string of the molecule is COCc1ccc(CNC(=O)C2CCC(C(C)(C)C)CC2)cc1. The van der Waals surface area contributed by atoms with Crippen molar-refractivity contribution in [2.24, 2.45) is 17.3 Å². The molecule has 0 radical (unpaired) electrons. The predicted octanol–water partition coefficient (Wildman–Crippen LogP) is 4.30. The number of carbonyl (C=O) groups is 1. The normalized spacial score (nSPS) is 21.9. The Morgan fingerprint density at radius 3 is 2.17 bits per heavy atom. The fourth-order valence-electron chi connectivity index (χ4n) is 3.48. The minimum atomic E-state index is 0.196. The summed E-state index contributed by atoms with van der Waals surface area (Å²) in [5, 5.41) is 3.10. The van der Waals surface area contributed by atoms with Crippen molar-refractivity contribution in [3.8, 4) is 0 Å². The molecular formula is C20H31NO2. The summed E-state index contributed by atoms with van der Waals surface area (Å²) in [6.07, 6.45) is 4.40. The largest absolute Gasteiger partial charge is 0.380 e. The van der Waals surface area contributed by atoms with E-state index in [-0.39, 0.29) is 11.8 Å². The van der Waals surface area contributed by atoms with Gasteiger partial charge in [0.25, 0.3) is 0 Å². The van der Waals surface area contributed by atoms with Gasteiger partial charge in [0, 0.05) is 19.6 Å². The van der Waals surface area contributed by atoms with Gasteiger partial charge in [0.05, 0.1) is 6.61 Å². The molecule has 0 aliphatic heterocycles. The van der Waals surface area contributed by atoms with Gasteiger partial charge in [-0.15, -0.1) is 0 Å². The molecule has 1 aromatic carbocycles. The molecule has 0 atom stereocenters. The lowest BCUT2D eigenvalue weighted by Crippen LogP contribution is -2.35. The number of carbonyl (C=O) groups excluding carboxylic acids is 1. The van der Waals surface area contributed by atoms with E-state index in [1.54, 1.807) is 7.11 Å². The van der Waals surface area contributed by atoms with Crippen molar-refractivity contribution in [3.05, 3.63) is 35.4 Å². The number of methoxy groups -OCH3 is 1. The average molecular weight is 317 g/mol. The minimum Gasteiger partial charge on any atom is -0.380 e. The molecule has 1 N–H and O–H groups in total. The molecule has 2 rings (SSSR count). The van der Waals surface area contributed by atoms with Crippen molar-refractivity contribution in [1.29, 1.82) is 0 Å². The summed E-state index contributed by atoms with van der Waals surface area (Å²) in [5.41, 5.74) is 2.66. The molecule has 1 fully saturated rings. The highest BCUT2D eigenvalue weighted by Gasteiger charge is 2.32. The van der Waals surface area contributed by atoms with Gasteiger partial charge in [0.15, 0.2) is 0 Å². The Bertz CT molecular complexity index is 493. The fourth-order valence-corrected chi connectivity index (χ4v) is 3.48. The highest BCUT2D eigenvalue weighted by Crippen LogP contribution is 2.39. The predicted molar refractivity (Wildman–Crippen MR) is 93.9 cm³/mol. The second kappa shape index (κ2) is 7.96. The highest BCUT2D eigenvalue weighted by atomic mass is 16.5. The van der Waals surface area contributed by atoms with Gasteiger partial charge in [-0.3, -0.25) is 4.79 Å². The third-order valence-corrected chi connectivity index (χ3v) is 5.12. The first kappa shape index (κ1) is 18.0. The van der Waals surface area contributed by atoms with Gasteiger partial charge >= 0.3 is 0 Å². The number of nitrogens with one attached hydrogen (secondary N) is 1. The fraction of sp³-hybridized carbons (Fsp3) is 0.650. The molecular weight excluding hydrogens is 286 g/mol. The number of rotatable bonds is 5. The Kier molecular flexibility index (Phi) is 6.23. The van der Waals surface area contributed by atoms with E-state index < -0.39 is 0 Å². The molecule has 0 heterocycles. The molecule has 0 saturated heterocycles. The first-order valence-corrected chi connectivity index (χ1v) is 8.74. The maximum absolute atomic E-state index is 12.4. The average Bonchev–Trinajstić information content (AvgIpc) is 2.53. The molecule has 1 aliphatic rings. The monoisotopic (exact) mass is 317 g/mol. The van der Waals surface area contributed by atoms with Crippen LogP contribution in [0.1, 0.15) is 57.6 Å². The van der Waals surface area contributed by atoms with Crippen LogP contribution in [-0.4, -0.2) is 13.0 Å². The lowest BCUT2D eigenvalue weighted by Gasteiger charge is -2.36. The van der Waals surface area contributed by atoms with Crippen molar-refractivity contribution < 1.29 is 9.53 Å². The molecule has 0 spiro atoms. The van der Waals surface area contributed by atoms with E-state index >= 15 is 0 Å². The van der Waals surface area contributed by atoms with Crippen LogP contribution in [0, 0.1) is 17.3 Å². The zero-order valence-electron chi connectivity index (χ0n) is 15.0. The highest BCUT2D eigenvalue weighted by molar-refractivity contribution is 5.78. The molecule has 128 valence electrons. The van der Waals surface area contributed by atoms with Gasteiger partial charge in [-0.1, -0.05) is 45.0 Å². The van der Waals surface area contributed by atoms with E-state index in [4.69, 9.17) is 4.74 Å². The number of hydrogen-bond donors (Lipinski definition) is 1. The summed E-state index contributed by atoms with van der Waals surface area (Å²) < 4.78 is 5.11. The van der Waals surface area contributed by atoms with E-state index in [0.29, 0.717) is 18.6 Å². The molecule has 1 saturated carbocycles. The summed E-state index contributed by atoms with van der Waals surface area (Å²) in [6, 6.07) is 8.23. The van der Waals surface area contributed by atoms with Gasteiger partial charge < -0.3 is 10.1 Å². The minimum absolute atomic E-state index is 0.196. The molecule has 0 bridgehead atoms. The van der Waals surface area contributed by atoms with Gasteiger partial charge in [-0.05, 0) is 48.1 Å². The number of benzene rings is 1. The maximum atomic E-state index is 12.4. The van der Waals surface area contributed by atoms with Crippen molar-refractivity contribution in [2.45, 2.75) is 59.6 Å². The number of hydrogen-bond acceptors (Lipinski definition) is 2. The lowest BCUT2D eigenvalue weighted by atomic mass is 9.69. The molecule has 0 unspecified atom stereocenters. The summed E-state index contributed by atoms with van der Waals surface area (Å²) in [4.78, 5) is 12.4.